The fourth-order valence-electron chi connectivity index (χ4n) is 3.32. The molecule has 5 N–H and O–H groups in total. The molecular weight excluding hydrogens is 378 g/mol. The highest BCUT2D eigenvalue weighted by Crippen LogP contribution is 2.44. The van der Waals surface area contributed by atoms with Crippen molar-refractivity contribution in [1.82, 2.24) is 14.5 Å². The minimum atomic E-state index is -1.74. The summed E-state index contributed by atoms with van der Waals surface area (Å²) >= 11 is 1.26. The molecule has 2 aliphatic rings. The van der Waals surface area contributed by atoms with E-state index in [0.717, 1.165) is 0 Å². The van der Waals surface area contributed by atoms with Gasteiger partial charge in [-0.1, -0.05) is 11.8 Å². The molecule has 0 saturated carbocycles. The number of nitrogens with one attached hydrogen (secondary N) is 2. The van der Waals surface area contributed by atoms with Crippen molar-refractivity contribution in [3.63, 3.8) is 0 Å². The maximum atomic E-state index is 11.9. The third-order valence-electron chi connectivity index (χ3n) is 4.71. The molecule has 2 aromatic heterocycles. The highest BCUT2D eigenvalue weighted by atomic mass is 32.2. The van der Waals surface area contributed by atoms with E-state index in [4.69, 9.17) is 4.74 Å². The Labute approximate surface area is 155 Å². The van der Waals surface area contributed by atoms with Crippen molar-refractivity contribution in [1.29, 1.82) is 0 Å². The van der Waals surface area contributed by atoms with Crippen LogP contribution in [-0.4, -0.2) is 65.7 Å². The number of aromatic amines is 1. The van der Waals surface area contributed by atoms with Gasteiger partial charge in [0, 0.05) is 6.20 Å². The standard InChI is InChI=1S/C15H17N5O6S/c1-15(25)8(22)6(4-21)26-13(15)20-3-5-7-9(17-12(24)11(23)16-5)18-14(27-2)19-10(7)20/h3,6,8,13,21-22,25H,4H2,1-2H3,(H,16,23)(H,17,18,19,24)/t6-,8-,13?,15-/m1/s1. The summed E-state index contributed by atoms with van der Waals surface area (Å²) in [5.74, 6) is 0.441. The maximum Gasteiger partial charge on any atom is 0.337 e. The third-order valence-corrected chi connectivity index (χ3v) is 5.29. The van der Waals surface area contributed by atoms with Crippen LogP contribution in [0.3, 0.4) is 0 Å². The fraction of sp³-hybridized carbons (Fsp3) is 0.467. The number of anilines is 1. The first-order valence-electron chi connectivity index (χ1n) is 8.03. The van der Waals surface area contributed by atoms with E-state index >= 15 is 0 Å². The molecule has 0 bridgehead atoms. The zero-order chi connectivity index (χ0) is 19.5. The summed E-state index contributed by atoms with van der Waals surface area (Å²) in [6.07, 6.45) is -0.199. The van der Waals surface area contributed by atoms with Gasteiger partial charge in [-0.25, -0.2) is 4.99 Å². The molecule has 144 valence electrons. The minimum absolute atomic E-state index is 0.151. The van der Waals surface area contributed by atoms with E-state index in [1.54, 1.807) is 6.26 Å². The molecule has 27 heavy (non-hydrogen) atoms. The molecule has 1 unspecified atom stereocenters. The van der Waals surface area contributed by atoms with Crippen LogP contribution in [0.25, 0.3) is 10.9 Å². The van der Waals surface area contributed by atoms with E-state index in [1.165, 1.54) is 29.4 Å². The predicted molar refractivity (Wildman–Crippen MR) is 98.5 cm³/mol. The van der Waals surface area contributed by atoms with Crippen LogP contribution in [0.2, 0.25) is 0 Å². The van der Waals surface area contributed by atoms with Crippen LogP contribution in [0, 0.1) is 0 Å². The van der Waals surface area contributed by atoms with E-state index < -0.39 is 41.8 Å². The number of H-pyrrole nitrogens is 1. The lowest BCUT2D eigenvalue weighted by molar-refractivity contribution is -0.0955. The number of rotatable bonds is 2. The molecule has 2 aromatic rings. The zero-order valence-corrected chi connectivity index (χ0v) is 15.1. The van der Waals surface area contributed by atoms with Gasteiger partial charge in [0.2, 0.25) is 0 Å². The van der Waals surface area contributed by atoms with Gasteiger partial charge in [0.05, 0.1) is 17.5 Å². The fourth-order valence-corrected chi connectivity index (χ4v) is 3.70. The Morgan fingerprint density at radius 3 is 2.81 bits per heavy atom. The third kappa shape index (κ3) is 2.60. The van der Waals surface area contributed by atoms with Gasteiger partial charge in [0.1, 0.15) is 23.6 Å². The van der Waals surface area contributed by atoms with Crippen LogP contribution >= 0.6 is 11.8 Å². The second-order valence-electron chi connectivity index (χ2n) is 6.49. The van der Waals surface area contributed by atoms with Crippen LogP contribution < -0.4 is 16.4 Å². The van der Waals surface area contributed by atoms with Gasteiger partial charge in [-0.2, -0.15) is 4.98 Å². The number of hydrogen-bond acceptors (Lipinski definition) is 10. The molecule has 0 aliphatic carbocycles. The largest absolute Gasteiger partial charge is 0.394 e. The first-order chi connectivity index (χ1) is 12.8. The molecule has 1 fully saturated rings. The van der Waals surface area contributed by atoms with Crippen molar-refractivity contribution in [3.05, 3.63) is 26.9 Å². The first kappa shape index (κ1) is 18.1. The normalized spacial score (nSPS) is 29.7. The molecule has 0 aromatic carbocycles. The molecule has 2 aliphatic heterocycles. The number of nitrogens with zero attached hydrogens (tertiary/aromatic N) is 3. The average molecular weight is 395 g/mol. The topological polar surface area (TPSA) is 162 Å². The van der Waals surface area contributed by atoms with Gasteiger partial charge in [-0.15, -0.1) is 0 Å². The number of aliphatic hydroxyl groups is 3. The molecule has 11 nitrogen and oxygen atoms in total. The second-order valence-corrected chi connectivity index (χ2v) is 7.29. The van der Waals surface area contributed by atoms with E-state index in [9.17, 15) is 24.9 Å². The molecule has 0 radical (unpaired) electrons. The van der Waals surface area contributed by atoms with E-state index in [1.807, 2.05) is 0 Å². The smallest absolute Gasteiger partial charge is 0.337 e. The molecular formula is C15H17N5O6S. The van der Waals surface area contributed by atoms with Crippen LogP contribution in [0.4, 0.5) is 11.6 Å². The lowest BCUT2D eigenvalue weighted by Gasteiger charge is -2.28. The second kappa shape index (κ2) is 6.14. The van der Waals surface area contributed by atoms with Gasteiger partial charge in [0.25, 0.3) is 0 Å². The van der Waals surface area contributed by atoms with E-state index in [0.29, 0.717) is 10.6 Å². The summed E-state index contributed by atoms with van der Waals surface area (Å²) in [6, 6.07) is 0. The average Bonchev–Trinajstić information content (AvgIpc) is 3.05. The Balaban J connectivity index is 2.01. The zero-order valence-electron chi connectivity index (χ0n) is 14.3. The van der Waals surface area contributed by atoms with Crippen LogP contribution in [0.5, 0.6) is 0 Å². The Hall–Kier alpha value is -2.25. The quantitative estimate of drug-likeness (QED) is 0.396. The number of aliphatic hydroxyl groups excluding tert-OH is 2. The summed E-state index contributed by atoms with van der Waals surface area (Å²) in [4.78, 5) is 34.5. The molecule has 4 rings (SSSR count). The summed E-state index contributed by atoms with van der Waals surface area (Å²) < 4.78 is 7.10. The van der Waals surface area contributed by atoms with Crippen LogP contribution in [0.15, 0.2) is 20.8 Å². The first-order valence-corrected chi connectivity index (χ1v) is 9.26. The Kier molecular flexibility index (Phi) is 4.12. The predicted octanol–water partition coefficient (Wildman–Crippen LogP) is -1.14. The lowest BCUT2D eigenvalue weighted by Crippen LogP contribution is -2.44. The van der Waals surface area contributed by atoms with Crippen molar-refractivity contribution in [3.8, 4) is 0 Å². The van der Waals surface area contributed by atoms with E-state index in [2.05, 4.69) is 20.3 Å². The molecule has 4 heterocycles. The number of aliphatic imine (C=N–C) groups is 1. The number of aromatic nitrogens is 3. The molecule has 0 amide bonds. The van der Waals surface area contributed by atoms with Crippen LogP contribution in [-0.2, 0) is 4.74 Å². The monoisotopic (exact) mass is 395 g/mol. The molecule has 12 heteroatoms. The number of hydrogen-bond donors (Lipinski definition) is 5. The lowest BCUT2D eigenvalue weighted by atomic mass is 9.96. The number of ether oxygens (including phenoxy) is 1. The summed E-state index contributed by atoms with van der Waals surface area (Å²) in [7, 11) is 0. The molecule has 0 spiro atoms. The van der Waals surface area contributed by atoms with Crippen molar-refractivity contribution >= 4 is 39.5 Å². The van der Waals surface area contributed by atoms with Gasteiger partial charge in [-0.05, 0) is 13.2 Å². The number of amidine groups is 1. The SMILES string of the molecule is CSC1=Nc2c3c(nc(=O)c(=O)[nH]c3cn2C2O[C@H](CO)[C@@H](O)[C@@]2(C)O)N1. The van der Waals surface area contributed by atoms with Gasteiger partial charge < -0.3 is 34.9 Å². The summed E-state index contributed by atoms with van der Waals surface area (Å²) in [6.45, 7) is 0.899. The van der Waals surface area contributed by atoms with Gasteiger partial charge in [-0.3, -0.25) is 9.59 Å². The van der Waals surface area contributed by atoms with Gasteiger partial charge >= 0.3 is 11.1 Å². The van der Waals surface area contributed by atoms with E-state index in [-0.39, 0.29) is 17.2 Å². The van der Waals surface area contributed by atoms with Crippen molar-refractivity contribution < 1.29 is 20.1 Å². The summed E-state index contributed by atoms with van der Waals surface area (Å²) in [5.41, 5.74) is -3.33. The van der Waals surface area contributed by atoms with Crippen molar-refractivity contribution in [2.45, 2.75) is 31.0 Å². The van der Waals surface area contributed by atoms with Crippen molar-refractivity contribution in [2.75, 3.05) is 18.2 Å². The Morgan fingerprint density at radius 1 is 1.44 bits per heavy atom. The maximum absolute atomic E-state index is 11.9. The highest BCUT2D eigenvalue weighted by Gasteiger charge is 2.53. The molecule has 1 saturated heterocycles. The van der Waals surface area contributed by atoms with Crippen LogP contribution in [0.1, 0.15) is 13.2 Å². The minimum Gasteiger partial charge on any atom is -0.394 e. The number of thioether (sulfide) groups is 1. The molecule has 4 atom stereocenters. The Morgan fingerprint density at radius 2 is 2.19 bits per heavy atom. The summed E-state index contributed by atoms with van der Waals surface area (Å²) in [5, 5.41) is 34.1. The van der Waals surface area contributed by atoms with Gasteiger partial charge in [0.15, 0.2) is 17.2 Å². The Bertz CT molecular complexity index is 1080. The van der Waals surface area contributed by atoms with Crippen molar-refractivity contribution in [2.24, 2.45) is 4.99 Å². The highest BCUT2D eigenvalue weighted by molar-refractivity contribution is 8.13.